The van der Waals surface area contributed by atoms with Gasteiger partial charge >= 0.3 is 5.97 Å². The third-order valence-electron chi connectivity index (χ3n) is 4.10. The van der Waals surface area contributed by atoms with Gasteiger partial charge in [0.15, 0.2) is 0 Å². The van der Waals surface area contributed by atoms with E-state index in [0.717, 1.165) is 31.3 Å². The molecule has 1 aromatic rings. The lowest BCUT2D eigenvalue weighted by molar-refractivity contribution is 0.0596. The van der Waals surface area contributed by atoms with Crippen LogP contribution >= 0.6 is 12.4 Å². The summed E-state index contributed by atoms with van der Waals surface area (Å²) < 4.78 is 46.0. The maximum absolute atomic E-state index is 13.7. The molecule has 25 heavy (non-hydrogen) atoms. The highest BCUT2D eigenvalue weighted by atomic mass is 35.5. The molecule has 0 radical (unpaired) electrons. The summed E-state index contributed by atoms with van der Waals surface area (Å²) in [5.41, 5.74) is -0.145. The second-order valence-corrected chi connectivity index (χ2v) is 7.59. The zero-order chi connectivity index (χ0) is 17.7. The summed E-state index contributed by atoms with van der Waals surface area (Å²) in [5, 5.41) is 3.20. The van der Waals surface area contributed by atoms with Gasteiger partial charge in [-0.3, -0.25) is 0 Å². The Balaban J connectivity index is 0.00000312. The number of methoxy groups -OCH3 is 1. The van der Waals surface area contributed by atoms with Gasteiger partial charge in [0.2, 0.25) is 10.0 Å². The molecule has 1 saturated heterocycles. The first-order valence-corrected chi connectivity index (χ1v) is 9.46. The fourth-order valence-electron chi connectivity index (χ4n) is 2.93. The Bertz CT molecular complexity index is 693. The molecule has 0 unspecified atom stereocenters. The zero-order valence-corrected chi connectivity index (χ0v) is 16.0. The first-order chi connectivity index (χ1) is 11.4. The van der Waals surface area contributed by atoms with Crippen LogP contribution in [0.1, 0.15) is 36.5 Å². The average molecular weight is 395 g/mol. The van der Waals surface area contributed by atoms with E-state index in [4.69, 9.17) is 0 Å². The molecule has 0 atom stereocenters. The van der Waals surface area contributed by atoms with Gasteiger partial charge in [-0.15, -0.1) is 12.4 Å². The third kappa shape index (κ3) is 4.91. The van der Waals surface area contributed by atoms with Gasteiger partial charge < -0.3 is 10.1 Å². The van der Waals surface area contributed by atoms with Crippen LogP contribution in [-0.2, 0) is 14.8 Å². The molecule has 0 bridgehead atoms. The van der Waals surface area contributed by atoms with Crippen molar-refractivity contribution in [3.63, 3.8) is 0 Å². The summed E-state index contributed by atoms with van der Waals surface area (Å²) in [7, 11) is -2.84. The fourth-order valence-corrected chi connectivity index (χ4v) is 4.90. The van der Waals surface area contributed by atoms with Crippen LogP contribution in [0.2, 0.25) is 0 Å². The second-order valence-electron chi connectivity index (χ2n) is 5.73. The summed E-state index contributed by atoms with van der Waals surface area (Å²) in [6.07, 6.45) is 2.00. The van der Waals surface area contributed by atoms with E-state index in [2.05, 4.69) is 10.1 Å². The summed E-state index contributed by atoms with van der Waals surface area (Å²) in [5.74, 6) is -1.50. The number of esters is 1. The number of halogens is 2. The molecule has 142 valence electrons. The Hall–Kier alpha value is -1.22. The van der Waals surface area contributed by atoms with Crippen molar-refractivity contribution in [2.75, 3.05) is 26.7 Å². The molecule has 1 fully saturated rings. The molecule has 0 aromatic heterocycles. The summed E-state index contributed by atoms with van der Waals surface area (Å²) in [6, 6.07) is 2.94. The van der Waals surface area contributed by atoms with Gasteiger partial charge in [-0.2, -0.15) is 4.31 Å². The molecular formula is C16H24ClFN2O4S. The summed E-state index contributed by atoms with van der Waals surface area (Å²) in [6.45, 7) is 3.67. The summed E-state index contributed by atoms with van der Waals surface area (Å²) >= 11 is 0. The maximum atomic E-state index is 13.7. The number of hydrogen-bond acceptors (Lipinski definition) is 5. The lowest BCUT2D eigenvalue weighted by Gasteiger charge is -2.33. The van der Waals surface area contributed by atoms with Crippen LogP contribution in [0.5, 0.6) is 0 Å². The average Bonchev–Trinajstić information content (AvgIpc) is 2.59. The molecule has 0 amide bonds. The Labute approximate surface area is 154 Å². The summed E-state index contributed by atoms with van der Waals surface area (Å²) in [4.78, 5) is 11.6. The topological polar surface area (TPSA) is 75.7 Å². The molecule has 1 aromatic carbocycles. The standard InChI is InChI=1S/C16H23FN2O4S.ClH/c1-3-10-19(13-6-8-18-9-7-13)24(21,22)15-11-12(17)4-5-14(15)16(20)23-2;/h4-5,11,13,18H,3,6-10H2,1-2H3;1H. The molecule has 1 aliphatic rings. The molecule has 6 nitrogen and oxygen atoms in total. The largest absolute Gasteiger partial charge is 0.465 e. The van der Waals surface area contributed by atoms with Crippen LogP contribution in [0.15, 0.2) is 23.1 Å². The first kappa shape index (κ1) is 21.8. The van der Waals surface area contributed by atoms with E-state index in [1.807, 2.05) is 6.92 Å². The van der Waals surface area contributed by atoms with Crippen LogP contribution < -0.4 is 5.32 Å². The third-order valence-corrected chi connectivity index (χ3v) is 6.09. The molecule has 0 aliphatic carbocycles. The minimum atomic E-state index is -4.01. The highest BCUT2D eigenvalue weighted by Gasteiger charge is 2.34. The van der Waals surface area contributed by atoms with Gasteiger partial charge in [-0.25, -0.2) is 17.6 Å². The van der Waals surface area contributed by atoms with E-state index < -0.39 is 21.8 Å². The molecule has 1 aliphatic heterocycles. The van der Waals surface area contributed by atoms with Crippen LogP contribution in [-0.4, -0.2) is 51.5 Å². The Morgan fingerprint density at radius 3 is 2.56 bits per heavy atom. The number of rotatable bonds is 6. The Morgan fingerprint density at radius 2 is 2.00 bits per heavy atom. The van der Waals surface area contributed by atoms with Crippen molar-refractivity contribution in [2.45, 2.75) is 37.1 Å². The van der Waals surface area contributed by atoms with E-state index in [0.29, 0.717) is 25.8 Å². The monoisotopic (exact) mass is 394 g/mol. The molecule has 2 rings (SSSR count). The number of benzene rings is 1. The minimum Gasteiger partial charge on any atom is -0.465 e. The number of nitrogens with zero attached hydrogens (tertiary/aromatic N) is 1. The van der Waals surface area contributed by atoms with Crippen molar-refractivity contribution in [3.8, 4) is 0 Å². The normalized spacial score (nSPS) is 15.7. The number of carbonyl (C=O) groups excluding carboxylic acids is 1. The van der Waals surface area contributed by atoms with E-state index >= 15 is 0 Å². The number of carbonyl (C=O) groups is 1. The van der Waals surface area contributed by atoms with Crippen molar-refractivity contribution >= 4 is 28.4 Å². The zero-order valence-electron chi connectivity index (χ0n) is 14.3. The predicted molar refractivity (Wildman–Crippen MR) is 95.1 cm³/mol. The smallest absolute Gasteiger partial charge is 0.339 e. The highest BCUT2D eigenvalue weighted by Crippen LogP contribution is 2.26. The fraction of sp³-hybridized carbons (Fsp3) is 0.562. The highest BCUT2D eigenvalue weighted by molar-refractivity contribution is 7.89. The lowest BCUT2D eigenvalue weighted by atomic mass is 10.1. The van der Waals surface area contributed by atoms with Crippen LogP contribution in [0.4, 0.5) is 4.39 Å². The van der Waals surface area contributed by atoms with Gasteiger partial charge in [0, 0.05) is 12.6 Å². The van der Waals surface area contributed by atoms with Gasteiger partial charge in [0.1, 0.15) is 5.82 Å². The van der Waals surface area contributed by atoms with Crippen molar-refractivity contribution in [3.05, 3.63) is 29.6 Å². The minimum absolute atomic E-state index is 0. The van der Waals surface area contributed by atoms with Crippen molar-refractivity contribution in [1.82, 2.24) is 9.62 Å². The molecule has 1 N–H and O–H groups in total. The molecule has 0 saturated carbocycles. The SMILES string of the molecule is CCCN(C1CCNCC1)S(=O)(=O)c1cc(F)ccc1C(=O)OC.Cl. The van der Waals surface area contributed by atoms with Crippen LogP contribution in [0.3, 0.4) is 0 Å². The van der Waals surface area contributed by atoms with Gasteiger partial charge in [0.25, 0.3) is 0 Å². The predicted octanol–water partition coefficient (Wildman–Crippen LogP) is 2.19. The second kappa shape index (κ2) is 9.47. The molecule has 0 spiro atoms. The quantitative estimate of drug-likeness (QED) is 0.748. The Morgan fingerprint density at radius 1 is 1.36 bits per heavy atom. The van der Waals surface area contributed by atoms with Gasteiger partial charge in [-0.05, 0) is 50.6 Å². The van der Waals surface area contributed by atoms with Crippen molar-refractivity contribution < 1.29 is 22.3 Å². The first-order valence-electron chi connectivity index (χ1n) is 8.02. The van der Waals surface area contributed by atoms with E-state index in [-0.39, 0.29) is 28.9 Å². The van der Waals surface area contributed by atoms with Crippen molar-refractivity contribution in [2.24, 2.45) is 0 Å². The number of sulfonamides is 1. The molecular weight excluding hydrogens is 371 g/mol. The maximum Gasteiger partial charge on any atom is 0.339 e. The number of nitrogens with one attached hydrogen (secondary N) is 1. The molecule has 9 heteroatoms. The van der Waals surface area contributed by atoms with Gasteiger partial charge in [0.05, 0.1) is 17.6 Å². The Kier molecular flexibility index (Phi) is 8.27. The number of ether oxygens (including phenoxy) is 1. The van der Waals surface area contributed by atoms with E-state index in [1.165, 1.54) is 11.4 Å². The molecule has 1 heterocycles. The van der Waals surface area contributed by atoms with Crippen molar-refractivity contribution in [1.29, 1.82) is 0 Å². The van der Waals surface area contributed by atoms with Gasteiger partial charge in [-0.1, -0.05) is 6.92 Å². The van der Waals surface area contributed by atoms with E-state index in [9.17, 15) is 17.6 Å². The van der Waals surface area contributed by atoms with Crippen LogP contribution in [0, 0.1) is 5.82 Å². The van der Waals surface area contributed by atoms with Crippen LogP contribution in [0.25, 0.3) is 0 Å². The lowest BCUT2D eigenvalue weighted by Crippen LogP contribution is -2.46. The van der Waals surface area contributed by atoms with E-state index in [1.54, 1.807) is 0 Å². The number of piperidine rings is 1. The number of hydrogen-bond donors (Lipinski definition) is 1.